The SMILES string of the molecule is CCC1CCCN1S(=O)(=O)c1ccc(N2CCCC2=O)cc1. The van der Waals surface area contributed by atoms with E-state index in [0.717, 1.165) is 37.9 Å². The number of benzene rings is 1. The first kappa shape index (κ1) is 15.5. The second-order valence-corrected chi connectivity index (χ2v) is 7.85. The molecule has 0 aliphatic carbocycles. The van der Waals surface area contributed by atoms with Gasteiger partial charge in [-0.05, 0) is 49.9 Å². The van der Waals surface area contributed by atoms with Crippen molar-refractivity contribution in [3.8, 4) is 0 Å². The number of nitrogens with zero attached hydrogens (tertiary/aromatic N) is 2. The Kier molecular flexibility index (Phi) is 4.23. The zero-order valence-corrected chi connectivity index (χ0v) is 13.7. The molecule has 120 valence electrons. The van der Waals surface area contributed by atoms with Crippen LogP contribution in [0.2, 0.25) is 0 Å². The van der Waals surface area contributed by atoms with Gasteiger partial charge in [0.1, 0.15) is 0 Å². The summed E-state index contributed by atoms with van der Waals surface area (Å²) in [5.74, 6) is 0.112. The Morgan fingerprint density at radius 2 is 1.86 bits per heavy atom. The minimum Gasteiger partial charge on any atom is -0.312 e. The van der Waals surface area contributed by atoms with Gasteiger partial charge < -0.3 is 4.90 Å². The number of amides is 1. The van der Waals surface area contributed by atoms with Gasteiger partial charge >= 0.3 is 0 Å². The van der Waals surface area contributed by atoms with Crippen LogP contribution in [-0.4, -0.2) is 37.8 Å². The number of hydrogen-bond donors (Lipinski definition) is 0. The van der Waals surface area contributed by atoms with Crippen LogP contribution in [0.15, 0.2) is 29.2 Å². The van der Waals surface area contributed by atoms with Gasteiger partial charge in [-0.1, -0.05) is 6.92 Å². The summed E-state index contributed by atoms with van der Waals surface area (Å²) in [6, 6.07) is 6.85. The van der Waals surface area contributed by atoms with Gasteiger partial charge in [0, 0.05) is 31.2 Å². The van der Waals surface area contributed by atoms with Gasteiger partial charge in [0.05, 0.1) is 4.90 Å². The van der Waals surface area contributed by atoms with E-state index in [1.807, 2.05) is 6.92 Å². The van der Waals surface area contributed by atoms with Gasteiger partial charge in [-0.25, -0.2) is 8.42 Å². The Morgan fingerprint density at radius 3 is 2.45 bits per heavy atom. The van der Waals surface area contributed by atoms with Crippen LogP contribution in [0, 0.1) is 0 Å². The predicted octanol–water partition coefficient (Wildman–Crippen LogP) is 2.38. The Hall–Kier alpha value is -1.40. The summed E-state index contributed by atoms with van der Waals surface area (Å²) in [5.41, 5.74) is 0.787. The summed E-state index contributed by atoms with van der Waals surface area (Å²) < 4.78 is 27.1. The molecule has 5 nitrogen and oxygen atoms in total. The fraction of sp³-hybridized carbons (Fsp3) is 0.562. The maximum Gasteiger partial charge on any atom is 0.243 e. The van der Waals surface area contributed by atoms with Gasteiger partial charge in [-0.3, -0.25) is 4.79 Å². The summed E-state index contributed by atoms with van der Waals surface area (Å²) in [6.45, 7) is 3.35. The van der Waals surface area contributed by atoms with Crippen LogP contribution in [0.5, 0.6) is 0 Å². The van der Waals surface area contributed by atoms with E-state index in [9.17, 15) is 13.2 Å². The Morgan fingerprint density at radius 1 is 1.14 bits per heavy atom. The lowest BCUT2D eigenvalue weighted by Crippen LogP contribution is -2.35. The van der Waals surface area contributed by atoms with E-state index in [4.69, 9.17) is 0 Å². The molecule has 1 aromatic rings. The van der Waals surface area contributed by atoms with Crippen LogP contribution in [0.1, 0.15) is 39.0 Å². The first-order valence-corrected chi connectivity index (χ1v) is 9.40. The summed E-state index contributed by atoms with van der Waals surface area (Å²) in [4.78, 5) is 13.8. The zero-order valence-electron chi connectivity index (χ0n) is 12.9. The monoisotopic (exact) mass is 322 g/mol. The van der Waals surface area contributed by atoms with Crippen molar-refractivity contribution in [3.63, 3.8) is 0 Å². The first-order valence-electron chi connectivity index (χ1n) is 7.96. The van der Waals surface area contributed by atoms with Crippen LogP contribution in [0.25, 0.3) is 0 Å². The third-order valence-electron chi connectivity index (χ3n) is 4.62. The minimum absolute atomic E-state index is 0.112. The van der Waals surface area contributed by atoms with Crippen LogP contribution in [-0.2, 0) is 14.8 Å². The van der Waals surface area contributed by atoms with E-state index in [2.05, 4.69) is 0 Å². The molecule has 1 amide bonds. The fourth-order valence-corrected chi connectivity index (χ4v) is 5.16. The molecule has 2 saturated heterocycles. The maximum absolute atomic E-state index is 12.7. The van der Waals surface area contributed by atoms with Gasteiger partial charge in [0.25, 0.3) is 0 Å². The van der Waals surface area contributed by atoms with E-state index in [1.54, 1.807) is 33.5 Å². The molecule has 0 spiro atoms. The van der Waals surface area contributed by atoms with E-state index in [-0.39, 0.29) is 11.9 Å². The number of hydrogen-bond acceptors (Lipinski definition) is 3. The summed E-state index contributed by atoms with van der Waals surface area (Å²) >= 11 is 0. The molecule has 2 aliphatic rings. The molecule has 2 aliphatic heterocycles. The molecular formula is C16H22N2O3S. The smallest absolute Gasteiger partial charge is 0.243 e. The van der Waals surface area contributed by atoms with Gasteiger partial charge in [-0.15, -0.1) is 0 Å². The lowest BCUT2D eigenvalue weighted by Gasteiger charge is -2.23. The molecule has 6 heteroatoms. The molecule has 1 atom stereocenters. The van der Waals surface area contributed by atoms with Crippen molar-refractivity contribution in [2.75, 3.05) is 18.0 Å². The molecule has 0 aromatic heterocycles. The van der Waals surface area contributed by atoms with Crippen LogP contribution in [0.3, 0.4) is 0 Å². The Bertz CT molecular complexity index is 654. The molecule has 1 unspecified atom stereocenters. The summed E-state index contributed by atoms with van der Waals surface area (Å²) in [6.07, 6.45) is 4.16. The summed E-state index contributed by atoms with van der Waals surface area (Å²) in [5, 5.41) is 0. The average molecular weight is 322 g/mol. The van der Waals surface area contributed by atoms with Crippen molar-refractivity contribution < 1.29 is 13.2 Å². The quantitative estimate of drug-likeness (QED) is 0.855. The fourth-order valence-electron chi connectivity index (χ4n) is 3.39. The molecule has 1 aromatic carbocycles. The third kappa shape index (κ3) is 2.65. The third-order valence-corrected chi connectivity index (χ3v) is 6.59. The maximum atomic E-state index is 12.7. The second-order valence-electron chi connectivity index (χ2n) is 5.96. The lowest BCUT2D eigenvalue weighted by atomic mass is 10.2. The zero-order chi connectivity index (χ0) is 15.7. The minimum atomic E-state index is -3.42. The highest BCUT2D eigenvalue weighted by molar-refractivity contribution is 7.89. The molecule has 0 radical (unpaired) electrons. The number of carbonyl (C=O) groups is 1. The Balaban J connectivity index is 1.84. The predicted molar refractivity (Wildman–Crippen MR) is 85.2 cm³/mol. The van der Waals surface area contributed by atoms with Crippen molar-refractivity contribution in [2.24, 2.45) is 0 Å². The standard InChI is InChI=1S/C16H22N2O3S/c1-2-13-5-3-12-18(13)22(20,21)15-9-7-14(8-10-15)17-11-4-6-16(17)19/h7-10,13H,2-6,11-12H2,1H3. The highest BCUT2D eigenvalue weighted by Gasteiger charge is 2.34. The van der Waals surface area contributed by atoms with E-state index >= 15 is 0 Å². The van der Waals surface area contributed by atoms with Crippen LogP contribution in [0.4, 0.5) is 5.69 Å². The molecule has 0 bridgehead atoms. The lowest BCUT2D eigenvalue weighted by molar-refractivity contribution is -0.117. The van der Waals surface area contributed by atoms with Crippen molar-refractivity contribution in [3.05, 3.63) is 24.3 Å². The largest absolute Gasteiger partial charge is 0.312 e. The van der Waals surface area contributed by atoms with Crippen LogP contribution >= 0.6 is 0 Å². The van der Waals surface area contributed by atoms with Gasteiger partial charge in [0.2, 0.25) is 15.9 Å². The number of rotatable bonds is 4. The van der Waals surface area contributed by atoms with Crippen molar-refractivity contribution in [1.82, 2.24) is 4.31 Å². The number of anilines is 1. The normalized spacial score (nSPS) is 23.4. The molecule has 3 rings (SSSR count). The Labute approximate surface area is 132 Å². The molecule has 2 fully saturated rings. The van der Waals surface area contributed by atoms with E-state index in [0.29, 0.717) is 17.9 Å². The average Bonchev–Trinajstić information content (AvgIpc) is 3.16. The topological polar surface area (TPSA) is 57.7 Å². The van der Waals surface area contributed by atoms with Crippen molar-refractivity contribution in [1.29, 1.82) is 0 Å². The van der Waals surface area contributed by atoms with E-state index in [1.165, 1.54) is 0 Å². The molecule has 0 saturated carbocycles. The molecular weight excluding hydrogens is 300 g/mol. The highest BCUT2D eigenvalue weighted by Crippen LogP contribution is 2.29. The van der Waals surface area contributed by atoms with E-state index < -0.39 is 10.0 Å². The van der Waals surface area contributed by atoms with Crippen molar-refractivity contribution in [2.45, 2.75) is 50.0 Å². The number of sulfonamides is 1. The second kappa shape index (κ2) is 6.01. The highest BCUT2D eigenvalue weighted by atomic mass is 32.2. The molecule has 0 N–H and O–H groups in total. The first-order chi connectivity index (χ1) is 10.5. The molecule has 2 heterocycles. The van der Waals surface area contributed by atoms with Gasteiger partial charge in [-0.2, -0.15) is 4.31 Å². The van der Waals surface area contributed by atoms with Crippen LogP contribution < -0.4 is 4.90 Å². The van der Waals surface area contributed by atoms with Crippen molar-refractivity contribution >= 4 is 21.6 Å². The number of carbonyl (C=O) groups excluding carboxylic acids is 1. The molecule has 22 heavy (non-hydrogen) atoms. The summed E-state index contributed by atoms with van der Waals surface area (Å²) in [7, 11) is -3.42. The van der Waals surface area contributed by atoms with Gasteiger partial charge in [0.15, 0.2) is 0 Å².